The van der Waals surface area contributed by atoms with Gasteiger partial charge >= 0.3 is 0 Å². The third-order valence-electron chi connectivity index (χ3n) is 7.47. The summed E-state index contributed by atoms with van der Waals surface area (Å²) < 4.78 is 10.7. The zero-order valence-electron chi connectivity index (χ0n) is 27.3. The maximum atomic E-state index is 14.0. The van der Waals surface area contributed by atoms with Gasteiger partial charge in [-0.25, -0.2) is 4.98 Å². The maximum Gasteiger partial charge on any atom is 0.252 e. The molecule has 2 N–H and O–H groups in total. The van der Waals surface area contributed by atoms with Gasteiger partial charge in [0.25, 0.3) is 5.91 Å². The van der Waals surface area contributed by atoms with Crippen molar-refractivity contribution in [1.29, 1.82) is 0 Å². The fraction of sp³-hybridized carbons (Fsp3) is 0.361. The molecule has 0 aliphatic carbocycles. The predicted molar refractivity (Wildman–Crippen MR) is 184 cm³/mol. The van der Waals surface area contributed by atoms with E-state index in [2.05, 4.69) is 29.4 Å². The molecule has 4 aromatic rings. The van der Waals surface area contributed by atoms with E-state index in [1.165, 1.54) is 0 Å². The smallest absolute Gasteiger partial charge is 0.252 e. The van der Waals surface area contributed by atoms with E-state index in [9.17, 15) is 9.59 Å². The SMILES string of the molecule is COc1ccc(CSCC(NC(=O)c2cc(-c3ccc(OC)c(C)c3)nc3ccccc23)C(=O)NCC(C)(C)CN(C)C)cc1. The first kappa shape index (κ1) is 33.8. The van der Waals surface area contributed by atoms with Gasteiger partial charge in [-0.2, -0.15) is 11.8 Å². The van der Waals surface area contributed by atoms with Crippen molar-refractivity contribution in [2.75, 3.05) is 47.2 Å². The van der Waals surface area contributed by atoms with Crippen LogP contribution in [0.1, 0.15) is 35.3 Å². The molecular weight excluding hydrogens is 584 g/mol. The molecule has 1 atom stereocenters. The Morgan fingerprint density at radius 3 is 2.38 bits per heavy atom. The highest BCUT2D eigenvalue weighted by molar-refractivity contribution is 7.98. The van der Waals surface area contributed by atoms with Crippen molar-refractivity contribution in [3.63, 3.8) is 0 Å². The Balaban J connectivity index is 1.60. The summed E-state index contributed by atoms with van der Waals surface area (Å²) in [4.78, 5) is 34.6. The summed E-state index contributed by atoms with van der Waals surface area (Å²) in [6, 6.07) is 22.3. The number of amides is 2. The Hall–Kier alpha value is -4.08. The van der Waals surface area contributed by atoms with Crippen LogP contribution in [-0.4, -0.2) is 74.9 Å². The predicted octanol–water partition coefficient (Wildman–Crippen LogP) is 5.96. The second kappa shape index (κ2) is 15.3. The molecule has 0 radical (unpaired) electrons. The van der Waals surface area contributed by atoms with Gasteiger partial charge in [0.15, 0.2) is 0 Å². The van der Waals surface area contributed by atoms with E-state index < -0.39 is 6.04 Å². The second-order valence-corrected chi connectivity index (χ2v) is 13.3. The van der Waals surface area contributed by atoms with Crippen LogP contribution >= 0.6 is 11.8 Å². The number of rotatable bonds is 14. The fourth-order valence-corrected chi connectivity index (χ4v) is 6.36. The number of fused-ring (bicyclic) bond motifs is 1. The molecule has 2 amide bonds. The summed E-state index contributed by atoms with van der Waals surface area (Å²) >= 11 is 1.60. The largest absolute Gasteiger partial charge is 0.497 e. The first-order chi connectivity index (χ1) is 21.5. The van der Waals surface area contributed by atoms with E-state index in [4.69, 9.17) is 14.5 Å². The first-order valence-corrected chi connectivity index (χ1v) is 16.1. The van der Waals surface area contributed by atoms with Crippen molar-refractivity contribution in [2.24, 2.45) is 5.41 Å². The van der Waals surface area contributed by atoms with Crippen molar-refractivity contribution >= 4 is 34.5 Å². The highest BCUT2D eigenvalue weighted by Gasteiger charge is 2.26. The normalized spacial score (nSPS) is 12.2. The number of nitrogens with zero attached hydrogens (tertiary/aromatic N) is 2. The molecule has 4 rings (SSSR count). The number of aromatic nitrogens is 1. The average Bonchev–Trinajstić information content (AvgIpc) is 3.02. The molecular formula is C36H44N4O4S. The number of pyridine rings is 1. The quantitative estimate of drug-likeness (QED) is 0.178. The van der Waals surface area contributed by atoms with E-state index >= 15 is 0 Å². The number of thioether (sulfide) groups is 1. The van der Waals surface area contributed by atoms with Crippen LogP contribution < -0.4 is 20.1 Å². The van der Waals surface area contributed by atoms with Crippen LogP contribution in [0.4, 0.5) is 0 Å². The van der Waals surface area contributed by atoms with Gasteiger partial charge in [-0.3, -0.25) is 9.59 Å². The molecule has 0 spiro atoms. The van der Waals surface area contributed by atoms with E-state index in [-0.39, 0.29) is 17.2 Å². The Bertz CT molecular complexity index is 1620. The second-order valence-electron chi connectivity index (χ2n) is 12.3. The number of nitrogens with one attached hydrogen (secondary N) is 2. The number of methoxy groups -OCH3 is 2. The number of benzene rings is 3. The van der Waals surface area contributed by atoms with Gasteiger partial charge in [-0.1, -0.05) is 44.2 Å². The summed E-state index contributed by atoms with van der Waals surface area (Å²) in [5, 5.41) is 6.89. The molecule has 9 heteroatoms. The van der Waals surface area contributed by atoms with Gasteiger partial charge in [0.2, 0.25) is 5.91 Å². The van der Waals surface area contributed by atoms with Crippen molar-refractivity contribution in [2.45, 2.75) is 32.6 Å². The van der Waals surface area contributed by atoms with E-state index in [1.54, 1.807) is 32.0 Å². The molecule has 0 bridgehead atoms. The molecule has 8 nitrogen and oxygen atoms in total. The third kappa shape index (κ3) is 9.22. The fourth-order valence-electron chi connectivity index (χ4n) is 5.35. The highest BCUT2D eigenvalue weighted by atomic mass is 32.2. The molecule has 0 aliphatic rings. The average molecular weight is 629 g/mol. The molecule has 238 valence electrons. The van der Waals surface area contributed by atoms with E-state index in [0.29, 0.717) is 34.8 Å². The molecule has 3 aromatic carbocycles. The zero-order chi connectivity index (χ0) is 32.6. The molecule has 0 saturated heterocycles. The Morgan fingerprint density at radius 2 is 1.71 bits per heavy atom. The van der Waals surface area contributed by atoms with Crippen molar-refractivity contribution < 1.29 is 19.1 Å². The lowest BCUT2D eigenvalue weighted by Gasteiger charge is -2.29. The lowest BCUT2D eigenvalue weighted by Crippen LogP contribution is -2.51. The molecule has 1 aromatic heterocycles. The highest BCUT2D eigenvalue weighted by Crippen LogP contribution is 2.29. The lowest BCUT2D eigenvalue weighted by atomic mass is 9.93. The van der Waals surface area contributed by atoms with Crippen LogP contribution in [0.25, 0.3) is 22.2 Å². The number of para-hydroxylation sites is 1. The molecule has 0 fully saturated rings. The van der Waals surface area contributed by atoms with Crippen molar-refractivity contribution in [1.82, 2.24) is 20.5 Å². The summed E-state index contributed by atoms with van der Waals surface area (Å²) in [5.41, 5.74) is 4.66. The molecule has 0 aliphatic heterocycles. The topological polar surface area (TPSA) is 92.8 Å². The Kier molecular flexibility index (Phi) is 11.5. The Morgan fingerprint density at radius 1 is 0.978 bits per heavy atom. The van der Waals surface area contributed by atoms with Gasteiger partial charge in [-0.05, 0) is 80.0 Å². The van der Waals surface area contributed by atoms with Crippen LogP contribution in [0, 0.1) is 12.3 Å². The number of hydrogen-bond donors (Lipinski definition) is 2. The van der Waals surface area contributed by atoms with Gasteiger partial charge in [0.1, 0.15) is 17.5 Å². The monoisotopic (exact) mass is 628 g/mol. The van der Waals surface area contributed by atoms with Crippen LogP contribution in [0.5, 0.6) is 11.5 Å². The minimum absolute atomic E-state index is 0.142. The van der Waals surface area contributed by atoms with Crippen molar-refractivity contribution in [3.8, 4) is 22.8 Å². The minimum Gasteiger partial charge on any atom is -0.497 e. The molecule has 1 unspecified atom stereocenters. The molecule has 45 heavy (non-hydrogen) atoms. The maximum absolute atomic E-state index is 14.0. The van der Waals surface area contributed by atoms with E-state index in [0.717, 1.165) is 40.1 Å². The Labute approximate surface area is 270 Å². The van der Waals surface area contributed by atoms with Crippen LogP contribution in [-0.2, 0) is 10.5 Å². The summed E-state index contributed by atoms with van der Waals surface area (Å²) in [5.74, 6) is 2.15. The summed E-state index contributed by atoms with van der Waals surface area (Å²) in [6.07, 6.45) is 0. The van der Waals surface area contributed by atoms with Crippen LogP contribution in [0.2, 0.25) is 0 Å². The lowest BCUT2D eigenvalue weighted by molar-refractivity contribution is -0.122. The molecule has 0 saturated carbocycles. The van der Waals surface area contributed by atoms with E-state index in [1.807, 2.05) is 87.7 Å². The van der Waals surface area contributed by atoms with Gasteiger partial charge in [-0.15, -0.1) is 0 Å². The summed E-state index contributed by atoms with van der Waals surface area (Å²) in [6.45, 7) is 7.51. The minimum atomic E-state index is -0.741. The number of aryl methyl sites for hydroxylation is 1. The number of carbonyl (C=O) groups excluding carboxylic acids is 2. The number of ether oxygens (including phenoxy) is 2. The molecule has 1 heterocycles. The zero-order valence-corrected chi connectivity index (χ0v) is 28.1. The number of hydrogen-bond acceptors (Lipinski definition) is 7. The number of carbonyl (C=O) groups is 2. The van der Waals surface area contributed by atoms with Gasteiger partial charge in [0.05, 0.1) is 31.0 Å². The van der Waals surface area contributed by atoms with Gasteiger partial charge < -0.3 is 25.0 Å². The summed E-state index contributed by atoms with van der Waals surface area (Å²) in [7, 11) is 7.32. The van der Waals surface area contributed by atoms with Crippen molar-refractivity contribution in [3.05, 3.63) is 89.5 Å². The van der Waals surface area contributed by atoms with Gasteiger partial charge in [0, 0.05) is 35.5 Å². The third-order valence-corrected chi connectivity index (χ3v) is 8.58. The van der Waals surface area contributed by atoms with Crippen LogP contribution in [0.3, 0.4) is 0 Å². The first-order valence-electron chi connectivity index (χ1n) is 15.0. The standard InChI is InChI=1S/C36H44N4O4S/c1-24-18-26(14-17-33(24)44-7)31-19-29(28-10-8-9-11-30(28)38-31)34(41)39-32(35(42)37-22-36(2,3)23-40(4)5)21-45-20-25-12-15-27(43-6)16-13-25/h8-19,32H,20-23H2,1-7H3,(H,37,42)(H,39,41). The van der Waals surface area contributed by atoms with Crippen LogP contribution in [0.15, 0.2) is 72.8 Å².